The summed E-state index contributed by atoms with van der Waals surface area (Å²) in [6, 6.07) is 9.75. The summed E-state index contributed by atoms with van der Waals surface area (Å²) < 4.78 is 53.0. The first-order valence-electron chi connectivity index (χ1n) is 18.3. The number of hydrogen-bond acceptors (Lipinski definition) is 8. The van der Waals surface area contributed by atoms with E-state index in [2.05, 4.69) is 26.1 Å². The van der Waals surface area contributed by atoms with Gasteiger partial charge in [0, 0.05) is 30.4 Å². The van der Waals surface area contributed by atoms with Crippen molar-refractivity contribution in [1.82, 2.24) is 15.1 Å². The normalized spacial score (nSPS) is 32.0. The molecule has 6 atom stereocenters. The van der Waals surface area contributed by atoms with Crippen LogP contribution in [0.25, 0.3) is 11.0 Å². The Morgan fingerprint density at radius 3 is 2.65 bits per heavy atom. The number of furan rings is 1. The van der Waals surface area contributed by atoms with Gasteiger partial charge in [-0.05, 0) is 94.8 Å². The van der Waals surface area contributed by atoms with Gasteiger partial charge in [-0.3, -0.25) is 9.69 Å². The Bertz CT molecular complexity index is 1770. The monoisotopic (exact) mass is 706 g/mol. The van der Waals surface area contributed by atoms with Gasteiger partial charge in [0.1, 0.15) is 23.8 Å². The maximum Gasteiger partial charge on any atom is 0.482 e. The summed E-state index contributed by atoms with van der Waals surface area (Å²) in [5, 5.41) is 14.0. The number of likely N-dealkylation sites (tertiary alicyclic amines) is 2. The molecule has 1 aromatic carbocycles. The Morgan fingerprint density at radius 1 is 1.18 bits per heavy atom. The van der Waals surface area contributed by atoms with E-state index in [1.54, 1.807) is 29.9 Å². The minimum atomic E-state index is -2.80. The van der Waals surface area contributed by atoms with E-state index in [-0.39, 0.29) is 36.7 Å². The lowest BCUT2D eigenvalue weighted by atomic mass is 9.43. The Hall–Kier alpha value is -3.47. The summed E-state index contributed by atoms with van der Waals surface area (Å²) in [6.45, 7) is 12.1. The van der Waals surface area contributed by atoms with Crippen LogP contribution in [0, 0.1) is 28.6 Å². The molecule has 3 aliphatic heterocycles. The molecular weight excluding hydrogens is 657 g/mol. The third kappa shape index (κ3) is 6.35. The third-order valence-corrected chi connectivity index (χ3v) is 12.9. The van der Waals surface area contributed by atoms with Crippen molar-refractivity contribution in [3.63, 3.8) is 0 Å². The predicted octanol–water partition coefficient (Wildman–Crippen LogP) is 6.29. The average molecular weight is 707 g/mol. The van der Waals surface area contributed by atoms with Gasteiger partial charge in [-0.1, -0.05) is 32.0 Å². The van der Waals surface area contributed by atoms with Crippen molar-refractivity contribution < 1.29 is 36.8 Å². The standard InChI is InChI=1S/C38H49BF2N4O6/c1-34(2,44-15-13-38(40,41)22-44)19-25(20-42)32(46)45-14-9-12-36(45,5)23-49-33(47)43-31(16-24-21-48-28-11-8-7-10-27(24)28)39-50-30-18-26-17-29(35(26,3)4)37(30,6)51-39/h7-8,10-11,19,21,26,29-31H,9,12-18,22-23H2,1-6H3,(H,43,47)/t26-,29-,30+,31-,36+,37-/m0/s1. The van der Waals surface area contributed by atoms with Gasteiger partial charge in [-0.25, -0.2) is 13.6 Å². The Labute approximate surface area is 298 Å². The van der Waals surface area contributed by atoms with Crippen LogP contribution >= 0.6 is 0 Å². The predicted molar refractivity (Wildman–Crippen MR) is 187 cm³/mol. The second-order valence-corrected chi connectivity index (χ2v) is 17.0. The number of fused-ring (bicyclic) bond motifs is 1. The highest BCUT2D eigenvalue weighted by Gasteiger charge is 2.68. The average Bonchev–Trinajstić information content (AvgIpc) is 3.85. The molecule has 274 valence electrons. The Morgan fingerprint density at radius 2 is 1.94 bits per heavy atom. The quantitative estimate of drug-likeness (QED) is 0.184. The molecule has 0 spiro atoms. The van der Waals surface area contributed by atoms with Crippen molar-refractivity contribution in [2.45, 2.75) is 115 Å². The van der Waals surface area contributed by atoms with E-state index in [1.807, 2.05) is 37.3 Å². The number of nitrogens with one attached hydrogen (secondary N) is 1. The molecule has 2 aromatic rings. The van der Waals surface area contributed by atoms with Crippen LogP contribution < -0.4 is 5.32 Å². The lowest BCUT2D eigenvalue weighted by molar-refractivity contribution is -0.199. The number of para-hydroxylation sites is 1. The molecule has 8 rings (SSSR count). The lowest BCUT2D eigenvalue weighted by Gasteiger charge is -2.64. The van der Waals surface area contributed by atoms with Crippen molar-refractivity contribution in [2.75, 3.05) is 26.2 Å². The first-order valence-corrected chi connectivity index (χ1v) is 18.3. The number of alkyl carbamates (subject to hydrolysis) is 1. The van der Waals surface area contributed by atoms with Crippen LogP contribution in [0.3, 0.4) is 0 Å². The van der Waals surface area contributed by atoms with Crippen LogP contribution in [-0.2, 0) is 25.3 Å². The van der Waals surface area contributed by atoms with Gasteiger partial charge < -0.3 is 28.7 Å². The number of hydrogen-bond donors (Lipinski definition) is 1. The zero-order chi connectivity index (χ0) is 36.6. The molecule has 2 amide bonds. The van der Waals surface area contributed by atoms with Gasteiger partial charge in [0.25, 0.3) is 11.8 Å². The van der Waals surface area contributed by atoms with E-state index in [0.29, 0.717) is 37.6 Å². The Balaban J connectivity index is 1.05. The van der Waals surface area contributed by atoms with Crippen LogP contribution in [0.4, 0.5) is 13.6 Å². The van der Waals surface area contributed by atoms with Crippen LogP contribution in [0.15, 0.2) is 46.6 Å². The molecule has 3 saturated heterocycles. The summed E-state index contributed by atoms with van der Waals surface area (Å²) in [5.74, 6) is -2.98. The number of nitrogens with zero attached hydrogens (tertiary/aromatic N) is 3. The maximum atomic E-state index is 14.0. The van der Waals surface area contributed by atoms with Gasteiger partial charge in [0.15, 0.2) is 0 Å². The zero-order valence-electron chi connectivity index (χ0n) is 30.5. The highest BCUT2D eigenvalue weighted by molar-refractivity contribution is 6.48. The van der Waals surface area contributed by atoms with Crippen molar-refractivity contribution in [3.8, 4) is 6.07 Å². The molecule has 1 N–H and O–H groups in total. The van der Waals surface area contributed by atoms with Gasteiger partial charge >= 0.3 is 13.2 Å². The highest BCUT2D eigenvalue weighted by atomic mass is 19.3. The molecule has 51 heavy (non-hydrogen) atoms. The molecule has 3 saturated carbocycles. The van der Waals surface area contributed by atoms with E-state index >= 15 is 0 Å². The molecule has 13 heteroatoms. The van der Waals surface area contributed by atoms with Crippen molar-refractivity contribution in [1.29, 1.82) is 5.26 Å². The van der Waals surface area contributed by atoms with E-state index in [9.17, 15) is 23.6 Å². The molecule has 3 aliphatic carbocycles. The number of benzene rings is 1. The van der Waals surface area contributed by atoms with Crippen LogP contribution in [0.2, 0.25) is 0 Å². The highest BCUT2D eigenvalue weighted by Crippen LogP contribution is 2.65. The van der Waals surface area contributed by atoms with E-state index < -0.39 is 54.2 Å². The van der Waals surface area contributed by atoms with Crippen molar-refractivity contribution in [3.05, 3.63) is 47.7 Å². The van der Waals surface area contributed by atoms with Crippen LogP contribution in [0.5, 0.6) is 0 Å². The van der Waals surface area contributed by atoms with Gasteiger partial charge in [0.2, 0.25) is 0 Å². The van der Waals surface area contributed by atoms with E-state index in [4.69, 9.17) is 18.5 Å². The molecule has 2 bridgehead atoms. The summed E-state index contributed by atoms with van der Waals surface area (Å²) in [4.78, 5) is 30.6. The lowest BCUT2D eigenvalue weighted by Crippen LogP contribution is -2.65. The van der Waals surface area contributed by atoms with Crippen molar-refractivity contribution >= 4 is 30.1 Å². The fourth-order valence-electron chi connectivity index (χ4n) is 9.61. The second-order valence-electron chi connectivity index (χ2n) is 17.0. The number of halogens is 2. The molecular formula is C38H49BF2N4O6. The first kappa shape index (κ1) is 35.9. The molecule has 0 unspecified atom stereocenters. The summed E-state index contributed by atoms with van der Waals surface area (Å²) in [6.07, 6.45) is 5.79. The molecule has 4 heterocycles. The fourth-order valence-corrected chi connectivity index (χ4v) is 9.61. The SMILES string of the molecule is CC1(C)[C@@H]2C[C@H]3OB([C@H](Cc4coc5ccccc45)NC(=O)OC[C@@]4(C)CCCN4C(=O)C(C#N)=CC(C)(C)N4CCC(F)(F)C4)O[C@@]3(C)[C@H]1C2. The zero-order valence-corrected chi connectivity index (χ0v) is 30.5. The van der Waals surface area contributed by atoms with E-state index in [1.165, 1.54) is 6.08 Å². The largest absolute Gasteiger partial charge is 0.482 e. The van der Waals surface area contributed by atoms with Crippen molar-refractivity contribution in [2.24, 2.45) is 17.3 Å². The smallest absolute Gasteiger partial charge is 0.464 e. The van der Waals surface area contributed by atoms with Crippen LogP contribution in [0.1, 0.15) is 79.2 Å². The fraction of sp³-hybridized carbons (Fsp3) is 0.658. The number of carbonyl (C=O) groups is 2. The molecule has 1 aromatic heterocycles. The topological polar surface area (TPSA) is 117 Å². The minimum absolute atomic E-state index is 0.0769. The van der Waals surface area contributed by atoms with Gasteiger partial charge in [-0.2, -0.15) is 5.26 Å². The number of alkyl halides is 2. The number of nitriles is 1. The summed E-state index contributed by atoms with van der Waals surface area (Å²) in [5.41, 5.74) is -0.587. The van der Waals surface area contributed by atoms with E-state index in [0.717, 1.165) is 29.4 Å². The second kappa shape index (κ2) is 12.6. The molecule has 6 aliphatic rings. The van der Waals surface area contributed by atoms with Gasteiger partial charge in [0.05, 0.1) is 36.0 Å². The minimum Gasteiger partial charge on any atom is -0.464 e. The van der Waals surface area contributed by atoms with Crippen LogP contribution in [-0.4, -0.2) is 89.8 Å². The molecule has 6 fully saturated rings. The first-order chi connectivity index (χ1) is 24.0. The Kier molecular flexibility index (Phi) is 8.87. The number of rotatable bonds is 9. The maximum absolute atomic E-state index is 14.0. The third-order valence-electron chi connectivity index (χ3n) is 12.9. The summed E-state index contributed by atoms with van der Waals surface area (Å²) in [7, 11) is -0.709. The molecule has 10 nitrogen and oxygen atoms in total. The number of ether oxygens (including phenoxy) is 1. The molecule has 0 radical (unpaired) electrons. The summed E-state index contributed by atoms with van der Waals surface area (Å²) >= 11 is 0. The number of amides is 2. The van der Waals surface area contributed by atoms with Gasteiger partial charge in [-0.15, -0.1) is 0 Å². The number of carbonyl (C=O) groups excluding carboxylic acids is 2.